The quantitative estimate of drug-likeness (QED) is 0.520. The average Bonchev–Trinajstić information content (AvgIpc) is 2.44. The Labute approximate surface area is 120 Å². The van der Waals surface area contributed by atoms with E-state index < -0.39 is 22.2 Å². The number of aryl methyl sites for hydroxylation is 1. The Hall–Kier alpha value is -3.02. The number of hydrogen-bond donors (Lipinski definition) is 1. The van der Waals surface area contributed by atoms with E-state index in [1.165, 1.54) is 0 Å². The van der Waals surface area contributed by atoms with Crippen molar-refractivity contribution in [2.24, 2.45) is 0 Å². The molecule has 1 aromatic carbocycles. The molecule has 0 radical (unpaired) electrons. The molecule has 21 heavy (non-hydrogen) atoms. The first-order chi connectivity index (χ1) is 9.97. The predicted molar refractivity (Wildman–Crippen MR) is 77.1 cm³/mol. The molecule has 1 aliphatic rings. The van der Waals surface area contributed by atoms with Crippen molar-refractivity contribution in [2.45, 2.75) is 6.92 Å². The summed E-state index contributed by atoms with van der Waals surface area (Å²) in [6.07, 6.45) is 4.19. The minimum atomic E-state index is -0.697. The molecule has 1 N–H and O–H groups in total. The lowest BCUT2D eigenvalue weighted by atomic mass is 10.0. The first-order valence-electron chi connectivity index (χ1n) is 6.13. The highest BCUT2D eigenvalue weighted by atomic mass is 16.6. The molecule has 0 amide bonds. The molecule has 106 valence electrons. The Kier molecular flexibility index (Phi) is 4.08. The van der Waals surface area contributed by atoms with Gasteiger partial charge in [0, 0.05) is 11.8 Å². The number of nitro groups is 1. The summed E-state index contributed by atoms with van der Waals surface area (Å²) in [6.45, 7) is 1.92. The summed E-state index contributed by atoms with van der Waals surface area (Å²) in [5, 5.41) is 13.8. The fourth-order valence-electron chi connectivity index (χ4n) is 1.74. The smallest absolute Gasteiger partial charge is 0.296 e. The lowest BCUT2D eigenvalue weighted by molar-refractivity contribution is -0.420. The number of rotatable bonds is 4. The fourth-order valence-corrected chi connectivity index (χ4v) is 1.74. The molecule has 6 heteroatoms. The monoisotopic (exact) mass is 284 g/mol. The third kappa shape index (κ3) is 3.50. The van der Waals surface area contributed by atoms with Crippen molar-refractivity contribution in [1.29, 1.82) is 0 Å². The lowest BCUT2D eigenvalue weighted by Gasteiger charge is -2.06. The molecular formula is C15H12N2O4. The molecule has 1 aromatic rings. The van der Waals surface area contributed by atoms with Gasteiger partial charge in [-0.1, -0.05) is 17.7 Å². The van der Waals surface area contributed by atoms with Crippen LogP contribution in [0.1, 0.15) is 5.56 Å². The van der Waals surface area contributed by atoms with Crippen molar-refractivity contribution in [1.82, 2.24) is 0 Å². The van der Waals surface area contributed by atoms with Crippen LogP contribution in [0.15, 0.2) is 60.0 Å². The number of allylic oxidation sites excluding steroid dienone is 4. The van der Waals surface area contributed by atoms with Crippen LogP contribution in [-0.2, 0) is 9.59 Å². The second kappa shape index (κ2) is 5.96. The molecule has 0 spiro atoms. The maximum Gasteiger partial charge on any atom is 0.296 e. The number of nitrogens with one attached hydrogen (secondary N) is 1. The first kappa shape index (κ1) is 14.4. The second-order valence-corrected chi connectivity index (χ2v) is 4.46. The molecule has 0 atom stereocenters. The highest BCUT2D eigenvalue weighted by Gasteiger charge is 2.25. The van der Waals surface area contributed by atoms with Crippen molar-refractivity contribution < 1.29 is 14.5 Å². The van der Waals surface area contributed by atoms with Crippen LogP contribution >= 0.6 is 0 Å². The average molecular weight is 284 g/mol. The fraction of sp³-hybridized carbons (Fsp3) is 0.0667. The number of hydrogen-bond acceptors (Lipinski definition) is 5. The van der Waals surface area contributed by atoms with E-state index in [9.17, 15) is 19.7 Å². The molecule has 0 heterocycles. The summed E-state index contributed by atoms with van der Waals surface area (Å²) >= 11 is 0. The van der Waals surface area contributed by atoms with Crippen LogP contribution in [0.3, 0.4) is 0 Å². The van der Waals surface area contributed by atoms with Gasteiger partial charge in [0.1, 0.15) is 5.57 Å². The van der Waals surface area contributed by atoms with E-state index in [2.05, 4.69) is 5.32 Å². The van der Waals surface area contributed by atoms with Gasteiger partial charge in [-0.2, -0.15) is 0 Å². The van der Waals surface area contributed by atoms with E-state index in [1.807, 2.05) is 19.1 Å². The Morgan fingerprint density at radius 2 is 1.86 bits per heavy atom. The summed E-state index contributed by atoms with van der Waals surface area (Å²) in [7, 11) is 0. The zero-order valence-electron chi connectivity index (χ0n) is 11.2. The van der Waals surface area contributed by atoms with Crippen molar-refractivity contribution in [3.05, 3.63) is 75.6 Å². The van der Waals surface area contributed by atoms with E-state index in [1.54, 1.807) is 12.1 Å². The molecule has 1 aliphatic carbocycles. The summed E-state index contributed by atoms with van der Waals surface area (Å²) in [5.41, 5.74) is 1.02. The van der Waals surface area contributed by atoms with Crippen LogP contribution in [0.4, 0.5) is 5.69 Å². The topological polar surface area (TPSA) is 89.3 Å². The number of anilines is 1. The zero-order valence-corrected chi connectivity index (χ0v) is 11.2. The van der Waals surface area contributed by atoms with Crippen LogP contribution in [0, 0.1) is 17.0 Å². The third-order valence-electron chi connectivity index (χ3n) is 2.85. The van der Waals surface area contributed by atoms with Gasteiger partial charge >= 0.3 is 0 Å². The Morgan fingerprint density at radius 3 is 2.48 bits per heavy atom. The van der Waals surface area contributed by atoms with Gasteiger partial charge in [-0.05, 0) is 31.2 Å². The Bertz CT molecular complexity index is 697. The standard InChI is InChI=1S/C15H12N2O4/c1-10-2-4-11(5-3-10)16-9-14(17(20)21)13-8-12(18)6-7-15(13)19/h2-9,16H,1H3/b14-9-. The first-order valence-corrected chi connectivity index (χ1v) is 6.13. The number of nitrogens with zero attached hydrogens (tertiary/aromatic N) is 1. The number of benzene rings is 1. The summed E-state index contributed by atoms with van der Waals surface area (Å²) < 4.78 is 0. The minimum absolute atomic E-state index is 0.230. The molecule has 0 bridgehead atoms. The molecular weight excluding hydrogens is 272 g/mol. The van der Waals surface area contributed by atoms with E-state index in [0.717, 1.165) is 30.0 Å². The third-order valence-corrected chi connectivity index (χ3v) is 2.85. The van der Waals surface area contributed by atoms with Crippen molar-refractivity contribution >= 4 is 17.3 Å². The lowest BCUT2D eigenvalue weighted by Crippen LogP contribution is -2.15. The van der Waals surface area contributed by atoms with Gasteiger partial charge in [0.15, 0.2) is 11.6 Å². The van der Waals surface area contributed by atoms with Crippen LogP contribution < -0.4 is 5.32 Å². The molecule has 0 saturated heterocycles. The van der Waals surface area contributed by atoms with Gasteiger partial charge < -0.3 is 5.32 Å². The van der Waals surface area contributed by atoms with Crippen LogP contribution in [0.2, 0.25) is 0 Å². The van der Waals surface area contributed by atoms with Gasteiger partial charge in [0.2, 0.25) is 0 Å². The molecule has 6 nitrogen and oxygen atoms in total. The minimum Gasteiger partial charge on any atom is -0.356 e. The number of carbonyl (C=O) groups is 2. The Balaban J connectivity index is 2.29. The van der Waals surface area contributed by atoms with Gasteiger partial charge in [-0.25, -0.2) is 0 Å². The van der Waals surface area contributed by atoms with Gasteiger partial charge in [0.25, 0.3) is 5.70 Å². The molecule has 0 unspecified atom stereocenters. The maximum atomic E-state index is 11.7. The van der Waals surface area contributed by atoms with Gasteiger partial charge in [0.05, 0.1) is 11.1 Å². The normalized spacial score (nSPS) is 14.9. The van der Waals surface area contributed by atoms with Crippen molar-refractivity contribution in [3.63, 3.8) is 0 Å². The molecule has 2 rings (SSSR count). The molecule has 0 saturated carbocycles. The number of carbonyl (C=O) groups excluding carboxylic acids is 2. The van der Waals surface area contributed by atoms with Crippen LogP contribution in [0.25, 0.3) is 0 Å². The zero-order chi connectivity index (χ0) is 15.4. The van der Waals surface area contributed by atoms with Crippen LogP contribution in [0.5, 0.6) is 0 Å². The highest BCUT2D eigenvalue weighted by molar-refractivity contribution is 6.19. The van der Waals surface area contributed by atoms with E-state index in [4.69, 9.17) is 0 Å². The molecule has 0 fully saturated rings. The SMILES string of the molecule is Cc1ccc(N/C=C(/C2=CC(=O)C=CC2=O)[N+](=O)[O-])cc1. The summed E-state index contributed by atoms with van der Waals surface area (Å²) in [4.78, 5) is 33.3. The van der Waals surface area contributed by atoms with Crippen LogP contribution in [-0.4, -0.2) is 16.5 Å². The van der Waals surface area contributed by atoms with E-state index >= 15 is 0 Å². The van der Waals surface area contributed by atoms with Gasteiger partial charge in [-0.3, -0.25) is 19.7 Å². The largest absolute Gasteiger partial charge is 0.356 e. The number of ketones is 2. The van der Waals surface area contributed by atoms with Crippen molar-refractivity contribution in [2.75, 3.05) is 5.32 Å². The molecule has 0 aliphatic heterocycles. The maximum absolute atomic E-state index is 11.7. The van der Waals surface area contributed by atoms with Crippen molar-refractivity contribution in [3.8, 4) is 0 Å². The predicted octanol–water partition coefficient (Wildman–Crippen LogP) is 2.16. The second-order valence-electron chi connectivity index (χ2n) is 4.46. The molecule has 0 aromatic heterocycles. The summed E-state index contributed by atoms with van der Waals surface area (Å²) in [5.74, 6) is -1.02. The van der Waals surface area contributed by atoms with Gasteiger partial charge in [-0.15, -0.1) is 0 Å². The van der Waals surface area contributed by atoms with E-state index in [0.29, 0.717) is 5.69 Å². The van der Waals surface area contributed by atoms with E-state index in [-0.39, 0.29) is 5.57 Å². The highest BCUT2D eigenvalue weighted by Crippen LogP contribution is 2.17. The Morgan fingerprint density at radius 1 is 1.19 bits per heavy atom. The summed E-state index contributed by atoms with van der Waals surface area (Å²) in [6, 6.07) is 7.20.